The van der Waals surface area contributed by atoms with Crippen LogP contribution in [0.4, 0.5) is 0 Å². The first kappa shape index (κ1) is 9.69. The van der Waals surface area contributed by atoms with Gasteiger partial charge in [0.05, 0.1) is 0 Å². The highest BCUT2D eigenvalue weighted by molar-refractivity contribution is 6.77. The molecule has 0 heterocycles. The van der Waals surface area contributed by atoms with Gasteiger partial charge in [0.15, 0.2) is 0 Å². The summed E-state index contributed by atoms with van der Waals surface area (Å²) in [5, 5.41) is 8.39. The molecule has 0 unspecified atom stereocenters. The monoisotopic (exact) mass is 160 g/mol. The summed E-state index contributed by atoms with van der Waals surface area (Å²) in [4.78, 5) is 10.2. The van der Waals surface area contributed by atoms with Gasteiger partial charge in [0.25, 0.3) is 0 Å². The fourth-order valence-electron chi connectivity index (χ4n) is 0.622. The van der Waals surface area contributed by atoms with Gasteiger partial charge in [0, 0.05) is 14.5 Å². The Morgan fingerprint density at radius 1 is 1.50 bits per heavy atom. The highest BCUT2D eigenvalue weighted by atomic mass is 28.3. The second kappa shape index (κ2) is 3.76. The number of hydrogen-bond acceptors (Lipinski definition) is 1. The third kappa shape index (κ3) is 4.55. The minimum Gasteiger partial charge on any atom is -0.481 e. The van der Waals surface area contributed by atoms with Crippen LogP contribution in [0.3, 0.4) is 0 Å². The van der Waals surface area contributed by atoms with Crippen LogP contribution in [0.15, 0.2) is 0 Å². The number of carbonyl (C=O) groups is 1. The van der Waals surface area contributed by atoms with Crippen LogP contribution in [0.25, 0.3) is 0 Å². The van der Waals surface area contributed by atoms with Gasteiger partial charge >= 0.3 is 5.97 Å². The smallest absolute Gasteiger partial charge is 0.303 e. The van der Waals surface area contributed by atoms with Gasteiger partial charge < -0.3 is 5.11 Å². The van der Waals surface area contributed by atoms with E-state index in [2.05, 4.69) is 20.0 Å². The molecule has 0 aliphatic carbocycles. The normalized spacial score (nSPS) is 11.5. The second-order valence-corrected chi connectivity index (χ2v) is 8.95. The molecule has 0 spiro atoms. The van der Waals surface area contributed by atoms with Crippen molar-refractivity contribution >= 4 is 14.0 Å². The van der Waals surface area contributed by atoms with Crippen molar-refractivity contribution in [3.8, 4) is 0 Å². The van der Waals surface area contributed by atoms with Crippen LogP contribution in [0, 0.1) is 0 Å². The maximum absolute atomic E-state index is 10.2. The predicted molar refractivity (Wildman–Crippen MR) is 45.0 cm³/mol. The molecular weight excluding hydrogens is 144 g/mol. The molecule has 10 heavy (non-hydrogen) atoms. The highest BCUT2D eigenvalue weighted by Gasteiger charge is 2.18. The Hall–Kier alpha value is -0.313. The molecule has 0 aromatic rings. The molecule has 0 radical (unpaired) electrons. The van der Waals surface area contributed by atoms with Gasteiger partial charge in [-0.15, -0.1) is 0 Å². The predicted octanol–water partition coefficient (Wildman–Crippen LogP) is 2.19. The van der Waals surface area contributed by atoms with Gasteiger partial charge in [-0.05, 0) is 6.04 Å². The Labute approximate surface area is 63.3 Å². The minimum absolute atomic E-state index is 0.354. The molecule has 0 atom stereocenters. The van der Waals surface area contributed by atoms with Crippen molar-refractivity contribution in [2.75, 3.05) is 0 Å². The van der Waals surface area contributed by atoms with Crippen molar-refractivity contribution in [3.63, 3.8) is 0 Å². The maximum Gasteiger partial charge on any atom is 0.303 e. The van der Waals surface area contributed by atoms with Crippen LogP contribution in [0.2, 0.25) is 25.2 Å². The van der Waals surface area contributed by atoms with E-state index in [4.69, 9.17) is 5.11 Å². The first-order valence-electron chi connectivity index (χ1n) is 3.70. The fourth-order valence-corrected chi connectivity index (χ4v) is 1.87. The average Bonchev–Trinajstić information content (AvgIpc) is 1.85. The number of aliphatic carboxylic acids is 1. The first-order chi connectivity index (χ1) is 4.48. The lowest BCUT2D eigenvalue weighted by Crippen LogP contribution is -2.24. The molecule has 0 fully saturated rings. The fraction of sp³-hybridized carbons (Fsp3) is 0.857. The standard InChI is InChI=1S/C7H16O2Si/c1-4-10(2,3)6-5-7(8)9/h4-6H2,1-3H3,(H,8,9). The molecule has 0 aliphatic rings. The Morgan fingerprint density at radius 2 is 2.00 bits per heavy atom. The van der Waals surface area contributed by atoms with Crippen LogP contribution in [-0.2, 0) is 4.79 Å². The third-order valence-electron chi connectivity index (χ3n) is 1.97. The lowest BCUT2D eigenvalue weighted by Gasteiger charge is -2.17. The molecule has 0 aliphatic heterocycles. The second-order valence-electron chi connectivity index (χ2n) is 3.41. The summed E-state index contributed by atoms with van der Waals surface area (Å²) in [6.07, 6.45) is 0.354. The van der Waals surface area contributed by atoms with Gasteiger partial charge in [-0.1, -0.05) is 26.1 Å². The van der Waals surface area contributed by atoms with Crippen molar-refractivity contribution < 1.29 is 9.90 Å². The van der Waals surface area contributed by atoms with E-state index in [-0.39, 0.29) is 0 Å². The molecule has 2 nitrogen and oxygen atoms in total. The number of carboxylic acid groups (broad SMARTS) is 1. The lowest BCUT2D eigenvalue weighted by molar-refractivity contribution is -0.136. The topological polar surface area (TPSA) is 37.3 Å². The zero-order valence-corrected chi connectivity index (χ0v) is 7.98. The maximum atomic E-state index is 10.2. The van der Waals surface area contributed by atoms with Gasteiger partial charge in [0.2, 0.25) is 0 Å². The van der Waals surface area contributed by atoms with Crippen LogP contribution in [0.5, 0.6) is 0 Å². The summed E-state index contributed by atoms with van der Waals surface area (Å²) in [5.74, 6) is -0.658. The number of rotatable bonds is 4. The average molecular weight is 160 g/mol. The summed E-state index contributed by atoms with van der Waals surface area (Å²) >= 11 is 0. The summed E-state index contributed by atoms with van der Waals surface area (Å²) in [6.45, 7) is 6.61. The van der Waals surface area contributed by atoms with E-state index in [9.17, 15) is 4.79 Å². The summed E-state index contributed by atoms with van der Waals surface area (Å²) < 4.78 is 0. The molecule has 0 rings (SSSR count). The van der Waals surface area contributed by atoms with Crippen LogP contribution in [-0.4, -0.2) is 19.1 Å². The van der Waals surface area contributed by atoms with Crippen LogP contribution in [0.1, 0.15) is 13.3 Å². The zero-order valence-electron chi connectivity index (χ0n) is 6.98. The molecule has 0 amide bonds. The molecule has 0 saturated heterocycles. The molecular formula is C7H16O2Si. The van der Waals surface area contributed by atoms with Gasteiger partial charge in [-0.3, -0.25) is 4.79 Å². The third-order valence-corrected chi connectivity index (χ3v) is 5.49. The summed E-state index contributed by atoms with van der Waals surface area (Å²) in [5.41, 5.74) is 0. The van der Waals surface area contributed by atoms with Gasteiger partial charge in [-0.25, -0.2) is 0 Å². The molecule has 3 heteroatoms. The van der Waals surface area contributed by atoms with E-state index in [1.807, 2.05) is 0 Å². The number of hydrogen-bond donors (Lipinski definition) is 1. The summed E-state index contributed by atoms with van der Waals surface area (Å²) in [6, 6.07) is 2.10. The Balaban J connectivity index is 3.56. The summed E-state index contributed by atoms with van der Waals surface area (Å²) in [7, 11) is -1.12. The van der Waals surface area contributed by atoms with Crippen LogP contribution >= 0.6 is 0 Å². The first-order valence-corrected chi connectivity index (χ1v) is 7.11. The van der Waals surface area contributed by atoms with Crippen molar-refractivity contribution in [2.45, 2.75) is 38.5 Å². The zero-order chi connectivity index (χ0) is 8.20. The Morgan fingerprint density at radius 3 is 2.30 bits per heavy atom. The van der Waals surface area contributed by atoms with Crippen molar-refractivity contribution in [1.82, 2.24) is 0 Å². The Kier molecular flexibility index (Phi) is 3.64. The number of carboxylic acids is 1. The Bertz CT molecular complexity index is 121. The molecule has 0 bridgehead atoms. The molecule has 60 valence electrons. The van der Waals surface area contributed by atoms with Crippen molar-refractivity contribution in [2.24, 2.45) is 0 Å². The van der Waals surface area contributed by atoms with E-state index in [0.717, 1.165) is 6.04 Å². The molecule has 0 aromatic carbocycles. The lowest BCUT2D eigenvalue weighted by atomic mass is 10.5. The van der Waals surface area contributed by atoms with Crippen molar-refractivity contribution in [3.05, 3.63) is 0 Å². The minimum atomic E-state index is -1.12. The quantitative estimate of drug-likeness (QED) is 0.640. The van der Waals surface area contributed by atoms with E-state index < -0.39 is 14.0 Å². The van der Waals surface area contributed by atoms with Crippen molar-refractivity contribution in [1.29, 1.82) is 0 Å². The molecule has 1 N–H and O–H groups in total. The molecule has 0 aromatic heterocycles. The van der Waals surface area contributed by atoms with Gasteiger partial charge in [-0.2, -0.15) is 0 Å². The SMILES string of the molecule is CC[Si](C)(C)CCC(=O)O. The van der Waals surface area contributed by atoms with E-state index in [1.54, 1.807) is 0 Å². The highest BCUT2D eigenvalue weighted by Crippen LogP contribution is 2.15. The van der Waals surface area contributed by atoms with E-state index >= 15 is 0 Å². The van der Waals surface area contributed by atoms with E-state index in [1.165, 1.54) is 6.04 Å². The largest absolute Gasteiger partial charge is 0.481 e. The van der Waals surface area contributed by atoms with Crippen LogP contribution < -0.4 is 0 Å². The van der Waals surface area contributed by atoms with Gasteiger partial charge in [0.1, 0.15) is 0 Å². The van der Waals surface area contributed by atoms with E-state index in [0.29, 0.717) is 6.42 Å². The molecule has 0 saturated carbocycles.